The monoisotopic (exact) mass is 270 g/mol. The third-order valence-electron chi connectivity index (χ3n) is 4.12. The van der Waals surface area contributed by atoms with Crippen molar-refractivity contribution < 1.29 is 14.7 Å². The van der Waals surface area contributed by atoms with Gasteiger partial charge in [-0.3, -0.25) is 0 Å². The zero-order chi connectivity index (χ0) is 14.4. The number of rotatable bonds is 6. The number of aliphatic carboxylic acids is 1. The smallest absolute Gasteiger partial charge is 0.326 e. The van der Waals surface area contributed by atoms with Crippen molar-refractivity contribution in [3.8, 4) is 0 Å². The first kappa shape index (κ1) is 15.8. The summed E-state index contributed by atoms with van der Waals surface area (Å²) in [7, 11) is 0. The van der Waals surface area contributed by atoms with Crippen LogP contribution in [-0.2, 0) is 4.79 Å². The number of hydrogen-bond donors (Lipinski definition) is 3. The van der Waals surface area contributed by atoms with E-state index in [0.717, 1.165) is 25.2 Å². The van der Waals surface area contributed by atoms with Crippen LogP contribution in [0.25, 0.3) is 0 Å². The van der Waals surface area contributed by atoms with E-state index in [1.165, 1.54) is 6.42 Å². The van der Waals surface area contributed by atoms with E-state index in [0.29, 0.717) is 12.5 Å². The molecular formula is C14H26N2O3. The van der Waals surface area contributed by atoms with Gasteiger partial charge in [-0.2, -0.15) is 0 Å². The van der Waals surface area contributed by atoms with E-state index >= 15 is 0 Å². The van der Waals surface area contributed by atoms with Gasteiger partial charge in [-0.05, 0) is 30.6 Å². The van der Waals surface area contributed by atoms with E-state index in [4.69, 9.17) is 5.11 Å². The summed E-state index contributed by atoms with van der Waals surface area (Å²) in [6, 6.07) is -1.18. The van der Waals surface area contributed by atoms with Gasteiger partial charge in [-0.1, -0.05) is 33.6 Å². The predicted molar refractivity (Wildman–Crippen MR) is 73.9 cm³/mol. The molecule has 0 saturated heterocycles. The molecule has 0 heterocycles. The van der Waals surface area contributed by atoms with Crippen molar-refractivity contribution >= 4 is 12.0 Å². The molecule has 0 bridgehead atoms. The number of amides is 2. The molecule has 0 aromatic rings. The van der Waals surface area contributed by atoms with Crippen LogP contribution in [0, 0.1) is 17.8 Å². The van der Waals surface area contributed by atoms with Crippen LogP contribution in [-0.4, -0.2) is 29.7 Å². The zero-order valence-electron chi connectivity index (χ0n) is 12.1. The Labute approximate surface area is 115 Å². The van der Waals surface area contributed by atoms with Crippen LogP contribution in [0.5, 0.6) is 0 Å². The SMILES string of the molecule is CCC(C)C(NC(=O)NCC1CCC(C)C1)C(=O)O. The fourth-order valence-corrected chi connectivity index (χ4v) is 2.62. The van der Waals surface area contributed by atoms with Gasteiger partial charge in [0.05, 0.1) is 0 Å². The van der Waals surface area contributed by atoms with E-state index in [2.05, 4.69) is 17.6 Å². The molecular weight excluding hydrogens is 244 g/mol. The first-order valence-corrected chi connectivity index (χ1v) is 7.21. The Kier molecular flexibility index (Phi) is 6.12. The van der Waals surface area contributed by atoms with E-state index in [1.54, 1.807) is 0 Å². The number of carboxylic acid groups (broad SMARTS) is 1. The van der Waals surface area contributed by atoms with Gasteiger partial charge in [0, 0.05) is 6.54 Å². The minimum absolute atomic E-state index is 0.0743. The van der Waals surface area contributed by atoms with Crippen LogP contribution in [0.1, 0.15) is 46.5 Å². The second kappa shape index (κ2) is 7.36. The molecule has 19 heavy (non-hydrogen) atoms. The van der Waals surface area contributed by atoms with Gasteiger partial charge in [0.15, 0.2) is 0 Å². The van der Waals surface area contributed by atoms with Gasteiger partial charge in [0.2, 0.25) is 0 Å². The lowest BCUT2D eigenvalue weighted by molar-refractivity contribution is -0.140. The van der Waals surface area contributed by atoms with Gasteiger partial charge in [-0.25, -0.2) is 9.59 Å². The third kappa shape index (κ3) is 5.09. The van der Waals surface area contributed by atoms with Crippen LogP contribution in [0.4, 0.5) is 4.79 Å². The molecule has 4 atom stereocenters. The Morgan fingerprint density at radius 3 is 2.53 bits per heavy atom. The zero-order valence-corrected chi connectivity index (χ0v) is 12.1. The molecule has 0 spiro atoms. The predicted octanol–water partition coefficient (Wildman–Crippen LogP) is 2.22. The van der Waals surface area contributed by atoms with Gasteiger partial charge < -0.3 is 15.7 Å². The van der Waals surface area contributed by atoms with Crippen LogP contribution in [0.3, 0.4) is 0 Å². The molecule has 5 nitrogen and oxygen atoms in total. The molecule has 1 aliphatic carbocycles. The van der Waals surface area contributed by atoms with Crippen molar-refractivity contribution in [3.63, 3.8) is 0 Å². The molecule has 0 aromatic heterocycles. The quantitative estimate of drug-likeness (QED) is 0.692. The maximum Gasteiger partial charge on any atom is 0.326 e. The van der Waals surface area contributed by atoms with Crippen molar-refractivity contribution in [2.24, 2.45) is 17.8 Å². The standard InChI is InChI=1S/C14H26N2O3/c1-4-10(3)12(13(17)18)16-14(19)15-8-11-6-5-9(2)7-11/h9-12H,4-8H2,1-3H3,(H,17,18)(H2,15,16,19). The summed E-state index contributed by atoms with van der Waals surface area (Å²) in [5, 5.41) is 14.4. The highest BCUT2D eigenvalue weighted by molar-refractivity contribution is 5.82. The topological polar surface area (TPSA) is 78.4 Å². The lowest BCUT2D eigenvalue weighted by Crippen LogP contribution is -2.49. The highest BCUT2D eigenvalue weighted by Crippen LogP contribution is 2.29. The van der Waals surface area contributed by atoms with Crippen molar-refractivity contribution in [1.82, 2.24) is 10.6 Å². The van der Waals surface area contributed by atoms with Crippen molar-refractivity contribution in [2.75, 3.05) is 6.54 Å². The molecule has 0 aromatic carbocycles. The lowest BCUT2D eigenvalue weighted by atomic mass is 9.99. The Balaban J connectivity index is 2.34. The first-order chi connectivity index (χ1) is 8.93. The molecule has 0 radical (unpaired) electrons. The maximum absolute atomic E-state index is 11.7. The fourth-order valence-electron chi connectivity index (χ4n) is 2.62. The van der Waals surface area contributed by atoms with E-state index in [9.17, 15) is 9.59 Å². The van der Waals surface area contributed by atoms with Gasteiger partial charge in [0.25, 0.3) is 0 Å². The molecule has 2 amide bonds. The Bertz CT molecular complexity index is 320. The summed E-state index contributed by atoms with van der Waals surface area (Å²) >= 11 is 0. The van der Waals surface area contributed by atoms with Gasteiger partial charge in [-0.15, -0.1) is 0 Å². The number of nitrogens with one attached hydrogen (secondary N) is 2. The Morgan fingerprint density at radius 1 is 1.37 bits per heavy atom. The van der Waals surface area contributed by atoms with E-state index in [1.807, 2.05) is 13.8 Å². The normalized spacial score (nSPS) is 25.6. The number of urea groups is 1. The van der Waals surface area contributed by atoms with Crippen molar-refractivity contribution in [2.45, 2.75) is 52.5 Å². The second-order valence-electron chi connectivity index (χ2n) is 5.84. The average molecular weight is 270 g/mol. The van der Waals surface area contributed by atoms with Crippen LogP contribution in [0.15, 0.2) is 0 Å². The summed E-state index contributed by atoms with van der Waals surface area (Å²) in [6.45, 7) is 6.62. The number of carbonyl (C=O) groups excluding carboxylic acids is 1. The van der Waals surface area contributed by atoms with Crippen LogP contribution < -0.4 is 10.6 Å². The number of carboxylic acids is 1. The summed E-state index contributed by atoms with van der Waals surface area (Å²) in [6.07, 6.45) is 4.24. The largest absolute Gasteiger partial charge is 0.480 e. The summed E-state index contributed by atoms with van der Waals surface area (Å²) < 4.78 is 0. The van der Waals surface area contributed by atoms with E-state index in [-0.39, 0.29) is 11.9 Å². The molecule has 110 valence electrons. The highest BCUT2D eigenvalue weighted by atomic mass is 16.4. The molecule has 4 unspecified atom stereocenters. The molecule has 5 heteroatoms. The van der Waals surface area contributed by atoms with Gasteiger partial charge >= 0.3 is 12.0 Å². The molecule has 3 N–H and O–H groups in total. The summed E-state index contributed by atoms with van der Waals surface area (Å²) in [5.41, 5.74) is 0. The molecule has 1 rings (SSSR count). The summed E-state index contributed by atoms with van der Waals surface area (Å²) in [4.78, 5) is 22.8. The first-order valence-electron chi connectivity index (χ1n) is 7.21. The highest BCUT2D eigenvalue weighted by Gasteiger charge is 2.26. The maximum atomic E-state index is 11.7. The Morgan fingerprint density at radius 2 is 2.05 bits per heavy atom. The molecule has 1 saturated carbocycles. The minimum atomic E-state index is -0.973. The third-order valence-corrected chi connectivity index (χ3v) is 4.12. The second-order valence-corrected chi connectivity index (χ2v) is 5.84. The van der Waals surface area contributed by atoms with Crippen LogP contribution >= 0.6 is 0 Å². The van der Waals surface area contributed by atoms with Crippen LogP contribution in [0.2, 0.25) is 0 Å². The van der Waals surface area contributed by atoms with Crippen molar-refractivity contribution in [1.29, 1.82) is 0 Å². The number of hydrogen-bond acceptors (Lipinski definition) is 2. The molecule has 0 aliphatic heterocycles. The van der Waals surface area contributed by atoms with Crippen molar-refractivity contribution in [3.05, 3.63) is 0 Å². The average Bonchev–Trinajstić information content (AvgIpc) is 2.78. The molecule has 1 aliphatic rings. The summed E-state index contributed by atoms with van der Waals surface area (Å²) in [5.74, 6) is 0.225. The van der Waals surface area contributed by atoms with E-state index < -0.39 is 12.0 Å². The number of carbonyl (C=O) groups is 2. The van der Waals surface area contributed by atoms with Gasteiger partial charge in [0.1, 0.15) is 6.04 Å². The molecule has 1 fully saturated rings. The minimum Gasteiger partial charge on any atom is -0.480 e. The lowest BCUT2D eigenvalue weighted by Gasteiger charge is -2.21. The fraction of sp³-hybridized carbons (Fsp3) is 0.857. The Hall–Kier alpha value is -1.26.